The standard InChI is InChI=1S/C15H21NO2/c1-5-13(11-12-9-7-6-8-10-12)18-14(17)16-15(2,3)4/h5-10,13H,1,11H2,2-4H3,(H,16,17). The zero-order valence-corrected chi connectivity index (χ0v) is 11.3. The van der Waals surface area contributed by atoms with E-state index in [0.29, 0.717) is 6.42 Å². The average Bonchev–Trinajstić information content (AvgIpc) is 2.27. The van der Waals surface area contributed by atoms with Gasteiger partial charge in [-0.25, -0.2) is 4.79 Å². The Labute approximate surface area is 109 Å². The quantitative estimate of drug-likeness (QED) is 0.829. The number of nitrogens with one attached hydrogen (secondary N) is 1. The molecule has 0 aliphatic heterocycles. The second-order valence-corrected chi connectivity index (χ2v) is 5.24. The smallest absolute Gasteiger partial charge is 0.408 e. The van der Waals surface area contributed by atoms with Gasteiger partial charge in [0.25, 0.3) is 0 Å². The van der Waals surface area contributed by atoms with Crippen molar-refractivity contribution in [1.82, 2.24) is 5.32 Å². The van der Waals surface area contributed by atoms with Crippen molar-refractivity contribution in [3.63, 3.8) is 0 Å². The molecule has 18 heavy (non-hydrogen) atoms. The molecular formula is C15H21NO2. The van der Waals surface area contributed by atoms with Crippen molar-refractivity contribution in [2.45, 2.75) is 38.8 Å². The molecule has 1 atom stereocenters. The summed E-state index contributed by atoms with van der Waals surface area (Å²) in [6.45, 7) is 9.43. The van der Waals surface area contributed by atoms with E-state index in [-0.39, 0.29) is 11.6 Å². The predicted molar refractivity (Wildman–Crippen MR) is 73.5 cm³/mol. The van der Waals surface area contributed by atoms with Gasteiger partial charge in [0.05, 0.1) is 0 Å². The van der Waals surface area contributed by atoms with Crippen LogP contribution in [0.5, 0.6) is 0 Å². The maximum Gasteiger partial charge on any atom is 0.408 e. The molecule has 0 saturated heterocycles. The summed E-state index contributed by atoms with van der Waals surface area (Å²) in [5, 5.41) is 2.76. The molecule has 0 aliphatic carbocycles. The summed E-state index contributed by atoms with van der Waals surface area (Å²) in [6, 6.07) is 9.89. The Morgan fingerprint density at radius 3 is 2.50 bits per heavy atom. The van der Waals surface area contributed by atoms with E-state index in [1.54, 1.807) is 6.08 Å². The van der Waals surface area contributed by atoms with Crippen molar-refractivity contribution in [2.24, 2.45) is 0 Å². The topological polar surface area (TPSA) is 38.3 Å². The van der Waals surface area contributed by atoms with Crippen molar-refractivity contribution in [1.29, 1.82) is 0 Å². The van der Waals surface area contributed by atoms with E-state index >= 15 is 0 Å². The molecule has 98 valence electrons. The minimum absolute atomic E-state index is 0.296. The summed E-state index contributed by atoms with van der Waals surface area (Å²) < 4.78 is 5.31. The fraction of sp³-hybridized carbons (Fsp3) is 0.400. The van der Waals surface area contributed by atoms with Gasteiger partial charge in [-0.15, -0.1) is 0 Å². The molecule has 1 aromatic carbocycles. The number of benzene rings is 1. The molecule has 1 aromatic rings. The summed E-state index contributed by atoms with van der Waals surface area (Å²) >= 11 is 0. The highest BCUT2D eigenvalue weighted by atomic mass is 16.6. The fourth-order valence-electron chi connectivity index (χ4n) is 1.49. The lowest BCUT2D eigenvalue weighted by Gasteiger charge is -2.22. The molecule has 0 radical (unpaired) electrons. The first-order valence-electron chi connectivity index (χ1n) is 6.06. The van der Waals surface area contributed by atoms with Crippen LogP contribution in [0.2, 0.25) is 0 Å². The second-order valence-electron chi connectivity index (χ2n) is 5.24. The minimum Gasteiger partial charge on any atom is -0.442 e. The molecule has 0 saturated carbocycles. The number of alkyl carbamates (subject to hydrolysis) is 1. The molecule has 0 spiro atoms. The summed E-state index contributed by atoms with van der Waals surface area (Å²) in [5.74, 6) is 0. The van der Waals surface area contributed by atoms with Gasteiger partial charge in [0, 0.05) is 12.0 Å². The zero-order chi connectivity index (χ0) is 13.6. The van der Waals surface area contributed by atoms with Gasteiger partial charge >= 0.3 is 6.09 Å². The van der Waals surface area contributed by atoms with Gasteiger partial charge in [-0.1, -0.05) is 43.0 Å². The van der Waals surface area contributed by atoms with E-state index in [2.05, 4.69) is 11.9 Å². The van der Waals surface area contributed by atoms with Crippen LogP contribution in [0.1, 0.15) is 26.3 Å². The van der Waals surface area contributed by atoms with Gasteiger partial charge in [0.2, 0.25) is 0 Å². The predicted octanol–water partition coefficient (Wildman–Crippen LogP) is 3.31. The summed E-state index contributed by atoms with van der Waals surface area (Å²) in [4.78, 5) is 11.6. The third kappa shape index (κ3) is 5.53. The van der Waals surface area contributed by atoms with Crippen molar-refractivity contribution in [2.75, 3.05) is 0 Å². The summed E-state index contributed by atoms with van der Waals surface area (Å²) in [5.41, 5.74) is 0.821. The Hall–Kier alpha value is -1.77. The number of rotatable bonds is 4. The molecule has 3 heteroatoms. The van der Waals surface area contributed by atoms with E-state index < -0.39 is 6.09 Å². The fourth-order valence-corrected chi connectivity index (χ4v) is 1.49. The SMILES string of the molecule is C=CC(Cc1ccccc1)OC(=O)NC(C)(C)C. The Balaban J connectivity index is 2.53. The zero-order valence-electron chi connectivity index (χ0n) is 11.3. The van der Waals surface area contributed by atoms with Gasteiger partial charge in [0.15, 0.2) is 0 Å². The lowest BCUT2D eigenvalue weighted by molar-refractivity contribution is 0.112. The first-order chi connectivity index (χ1) is 8.40. The number of ether oxygens (including phenoxy) is 1. The van der Waals surface area contributed by atoms with Gasteiger partial charge in [-0.3, -0.25) is 0 Å². The number of carbonyl (C=O) groups excluding carboxylic acids is 1. The molecule has 1 rings (SSSR count). The van der Waals surface area contributed by atoms with Crippen LogP contribution in [0.3, 0.4) is 0 Å². The van der Waals surface area contributed by atoms with Crippen LogP contribution < -0.4 is 5.32 Å². The van der Waals surface area contributed by atoms with Crippen molar-refractivity contribution in [3.8, 4) is 0 Å². The molecule has 1 unspecified atom stereocenters. The van der Waals surface area contributed by atoms with Crippen LogP contribution in [0.15, 0.2) is 43.0 Å². The Morgan fingerprint density at radius 2 is 2.00 bits per heavy atom. The highest BCUT2D eigenvalue weighted by Gasteiger charge is 2.17. The molecule has 3 nitrogen and oxygen atoms in total. The van der Waals surface area contributed by atoms with E-state index in [0.717, 1.165) is 5.56 Å². The third-order valence-electron chi connectivity index (χ3n) is 2.28. The van der Waals surface area contributed by atoms with Crippen LogP contribution in [0.25, 0.3) is 0 Å². The van der Waals surface area contributed by atoms with Gasteiger partial charge in [0.1, 0.15) is 6.10 Å². The molecule has 0 bridgehead atoms. The first-order valence-corrected chi connectivity index (χ1v) is 6.06. The van der Waals surface area contributed by atoms with Crippen LogP contribution in [-0.2, 0) is 11.2 Å². The van der Waals surface area contributed by atoms with Crippen LogP contribution in [0.4, 0.5) is 4.79 Å². The summed E-state index contributed by atoms with van der Waals surface area (Å²) in [7, 11) is 0. The average molecular weight is 247 g/mol. The molecule has 0 aromatic heterocycles. The lowest BCUT2D eigenvalue weighted by atomic mass is 10.1. The van der Waals surface area contributed by atoms with Gasteiger partial charge < -0.3 is 10.1 Å². The number of hydrogen-bond donors (Lipinski definition) is 1. The molecular weight excluding hydrogens is 226 g/mol. The van der Waals surface area contributed by atoms with Gasteiger partial charge in [-0.2, -0.15) is 0 Å². The van der Waals surface area contributed by atoms with E-state index in [9.17, 15) is 4.79 Å². The van der Waals surface area contributed by atoms with Crippen LogP contribution >= 0.6 is 0 Å². The normalized spacial score (nSPS) is 12.6. The second kappa shape index (κ2) is 6.24. The van der Waals surface area contributed by atoms with Crippen LogP contribution in [0, 0.1) is 0 Å². The molecule has 1 amide bonds. The van der Waals surface area contributed by atoms with Crippen molar-refractivity contribution in [3.05, 3.63) is 48.6 Å². The van der Waals surface area contributed by atoms with Gasteiger partial charge in [-0.05, 0) is 26.3 Å². The molecule has 0 heterocycles. The lowest BCUT2D eigenvalue weighted by Crippen LogP contribution is -2.42. The number of hydrogen-bond acceptors (Lipinski definition) is 2. The molecule has 0 aliphatic rings. The highest BCUT2D eigenvalue weighted by Crippen LogP contribution is 2.08. The number of amides is 1. The highest BCUT2D eigenvalue weighted by molar-refractivity contribution is 5.68. The number of carbonyl (C=O) groups is 1. The van der Waals surface area contributed by atoms with Crippen molar-refractivity contribution < 1.29 is 9.53 Å². The van der Waals surface area contributed by atoms with Crippen LogP contribution in [-0.4, -0.2) is 17.7 Å². The first kappa shape index (κ1) is 14.3. The molecule has 1 N–H and O–H groups in total. The minimum atomic E-state index is -0.414. The Bertz CT molecular complexity index is 393. The Kier molecular flexibility index (Phi) is 4.95. The Morgan fingerprint density at radius 1 is 1.39 bits per heavy atom. The largest absolute Gasteiger partial charge is 0.442 e. The maximum absolute atomic E-state index is 11.6. The van der Waals surface area contributed by atoms with E-state index in [4.69, 9.17) is 4.74 Å². The van der Waals surface area contributed by atoms with E-state index in [1.807, 2.05) is 51.1 Å². The molecule has 0 fully saturated rings. The monoisotopic (exact) mass is 247 g/mol. The maximum atomic E-state index is 11.6. The van der Waals surface area contributed by atoms with E-state index in [1.165, 1.54) is 0 Å². The van der Waals surface area contributed by atoms with Crippen molar-refractivity contribution >= 4 is 6.09 Å². The third-order valence-corrected chi connectivity index (χ3v) is 2.28. The summed E-state index contributed by atoms with van der Waals surface area (Å²) in [6.07, 6.45) is 1.56.